The van der Waals surface area contributed by atoms with Gasteiger partial charge < -0.3 is 0 Å². The Morgan fingerprint density at radius 2 is 2.43 bits per heavy atom. The van der Waals surface area contributed by atoms with E-state index in [0.717, 1.165) is 0 Å². The normalized spacial score (nSPS) is 6.71. The first-order valence-electron chi connectivity index (χ1n) is 1.36. The minimum Gasteiger partial charge on any atom is -0.294 e. The molecule has 0 aromatic heterocycles. The van der Waals surface area contributed by atoms with Crippen molar-refractivity contribution in [2.75, 3.05) is 0 Å². The highest BCUT2D eigenvalue weighted by atomic mass is 32.2. The smallest absolute Gasteiger partial charge is 0.266 e. The summed E-state index contributed by atoms with van der Waals surface area (Å²) < 4.78 is 0. The third-order valence-electron chi connectivity index (χ3n) is 0.242. The number of carbonyl (C=O) groups is 2. The summed E-state index contributed by atoms with van der Waals surface area (Å²) in [5, 5.41) is 8.41. The van der Waals surface area contributed by atoms with Gasteiger partial charge in [0.15, 0.2) is 6.29 Å². The quantitative estimate of drug-likeness (QED) is 0.272. The van der Waals surface area contributed by atoms with Gasteiger partial charge in [-0.3, -0.25) is 9.59 Å². The number of nitrogens with zero attached hydrogens (tertiary/aromatic N) is 1. The molecule has 0 unspecified atom stereocenters. The van der Waals surface area contributed by atoms with Gasteiger partial charge in [-0.05, 0) is 0 Å². The maximum Gasteiger partial charge on any atom is 0.266 e. The van der Waals surface area contributed by atoms with Gasteiger partial charge in [-0.15, -0.1) is 0 Å². The number of hydrogen-bond donors (Lipinski definition) is 0. The predicted molar refractivity (Wildman–Crippen MR) is 24.3 cm³/mol. The number of rotatable bonds is 1. The van der Waals surface area contributed by atoms with E-state index in [4.69, 9.17) is 5.26 Å². The van der Waals surface area contributed by atoms with Crippen molar-refractivity contribution in [2.24, 2.45) is 0 Å². The number of carbonyl (C=O) groups excluding carboxylic acids is 2. The van der Waals surface area contributed by atoms with Crippen LogP contribution in [0.4, 0.5) is 0 Å². The third kappa shape index (κ3) is 3.00. The largest absolute Gasteiger partial charge is 0.294 e. The molecule has 0 saturated carbocycles. The van der Waals surface area contributed by atoms with Crippen LogP contribution in [-0.2, 0) is 9.59 Å². The first-order valence-corrected chi connectivity index (χ1v) is 2.18. The molecule has 0 bridgehead atoms. The molecule has 0 amide bonds. The summed E-state index contributed by atoms with van der Waals surface area (Å²) in [6.07, 6.45) is 0.105. The number of nitriles is 1. The second kappa shape index (κ2) is 3.37. The van der Waals surface area contributed by atoms with E-state index in [1.807, 2.05) is 0 Å². The molecule has 0 aromatic carbocycles. The van der Waals surface area contributed by atoms with Gasteiger partial charge >= 0.3 is 0 Å². The zero-order valence-corrected chi connectivity index (χ0v) is 4.07. The second-order valence-electron chi connectivity index (χ2n) is 0.630. The number of thioether (sulfide) groups is 1. The van der Waals surface area contributed by atoms with Gasteiger partial charge in [-0.2, -0.15) is 5.26 Å². The minimum absolute atomic E-state index is 0.105. The Labute approximate surface area is 44.3 Å². The number of aldehydes is 1. The van der Waals surface area contributed by atoms with Gasteiger partial charge in [0.05, 0.1) is 0 Å². The summed E-state index contributed by atoms with van der Waals surface area (Å²) in [6.45, 7) is 0. The van der Waals surface area contributed by atoms with Crippen LogP contribution in [0, 0.1) is 10.7 Å². The highest BCUT2D eigenvalue weighted by Crippen LogP contribution is 1.92. The van der Waals surface area contributed by atoms with Gasteiger partial charge in [-0.1, -0.05) is 0 Å². The minimum atomic E-state index is -0.748. The Hall–Kier alpha value is -0.820. The molecule has 0 spiro atoms. The van der Waals surface area contributed by atoms with E-state index < -0.39 is 5.12 Å². The van der Waals surface area contributed by atoms with E-state index in [1.54, 1.807) is 0 Å². The van der Waals surface area contributed by atoms with E-state index in [-0.39, 0.29) is 6.29 Å². The fourth-order valence-corrected chi connectivity index (χ4v) is 0.207. The Bertz CT molecular complexity index is 125. The van der Waals surface area contributed by atoms with Crippen LogP contribution in [0.15, 0.2) is 0 Å². The lowest BCUT2D eigenvalue weighted by molar-refractivity contribution is -0.124. The average Bonchev–Trinajstić information content (AvgIpc) is 1.68. The van der Waals surface area contributed by atoms with Gasteiger partial charge in [0.1, 0.15) is 5.40 Å². The number of thiocyanates is 1. The molecule has 0 aromatic rings. The molecular weight excluding hydrogens is 114 g/mol. The Kier molecular flexibility index (Phi) is 2.98. The molecule has 0 saturated heterocycles. The fraction of sp³-hybridized carbons (Fsp3) is 0. The van der Waals surface area contributed by atoms with Gasteiger partial charge in [0.2, 0.25) is 0 Å². The van der Waals surface area contributed by atoms with Crippen molar-refractivity contribution in [3.63, 3.8) is 0 Å². The standard InChI is InChI=1S/C3HNO2S/c4-2-7-3(6)1-5/h1H. The average molecular weight is 115 g/mol. The third-order valence-corrected chi connectivity index (χ3v) is 0.631. The van der Waals surface area contributed by atoms with Crippen LogP contribution < -0.4 is 0 Å². The van der Waals surface area contributed by atoms with Gasteiger partial charge in [0, 0.05) is 11.8 Å². The van der Waals surface area contributed by atoms with E-state index in [9.17, 15) is 9.59 Å². The van der Waals surface area contributed by atoms with Crippen LogP contribution in [0.2, 0.25) is 0 Å². The molecule has 4 heteroatoms. The first-order chi connectivity index (χ1) is 3.31. The van der Waals surface area contributed by atoms with Crippen molar-refractivity contribution in [3.8, 4) is 5.40 Å². The number of hydrogen-bond acceptors (Lipinski definition) is 4. The predicted octanol–water partition coefficient (Wildman–Crippen LogP) is -0.0738. The van der Waals surface area contributed by atoms with Crippen LogP contribution in [0.3, 0.4) is 0 Å². The summed E-state index contributed by atoms with van der Waals surface area (Å²) in [6, 6.07) is 0. The molecular formula is C3HNO2S. The van der Waals surface area contributed by atoms with E-state index in [0.29, 0.717) is 11.8 Å². The fourth-order valence-electron chi connectivity index (χ4n) is 0.0690. The van der Waals surface area contributed by atoms with E-state index in [2.05, 4.69) is 0 Å². The van der Waals surface area contributed by atoms with Crippen LogP contribution in [0.5, 0.6) is 0 Å². The lowest BCUT2D eigenvalue weighted by Crippen LogP contribution is -1.86. The van der Waals surface area contributed by atoms with Crippen LogP contribution in [-0.4, -0.2) is 11.4 Å². The zero-order valence-electron chi connectivity index (χ0n) is 3.25. The summed E-state index contributed by atoms with van der Waals surface area (Å²) >= 11 is 0.330. The lowest BCUT2D eigenvalue weighted by Gasteiger charge is -1.67. The SMILES string of the molecule is N#CSC(=O)C=O. The molecule has 0 N–H and O–H groups in total. The maximum absolute atomic E-state index is 9.78. The van der Waals surface area contributed by atoms with Crippen molar-refractivity contribution < 1.29 is 9.59 Å². The molecule has 0 aliphatic rings. The summed E-state index contributed by atoms with van der Waals surface area (Å²) in [7, 11) is 0. The van der Waals surface area contributed by atoms with Gasteiger partial charge in [-0.25, -0.2) is 0 Å². The highest BCUT2D eigenvalue weighted by molar-refractivity contribution is 8.18. The van der Waals surface area contributed by atoms with Crippen molar-refractivity contribution in [1.82, 2.24) is 0 Å². The molecule has 0 aliphatic heterocycles. The molecule has 0 fully saturated rings. The zero-order chi connectivity index (χ0) is 5.70. The second-order valence-corrected chi connectivity index (χ2v) is 1.42. The maximum atomic E-state index is 9.78. The Morgan fingerprint density at radius 1 is 1.86 bits per heavy atom. The van der Waals surface area contributed by atoms with Gasteiger partial charge in [0.25, 0.3) is 5.12 Å². The van der Waals surface area contributed by atoms with Crippen molar-refractivity contribution in [1.29, 1.82) is 5.26 Å². The summed E-state index contributed by atoms with van der Waals surface area (Å²) in [5.41, 5.74) is 0. The molecule has 0 aliphatic carbocycles. The highest BCUT2D eigenvalue weighted by Gasteiger charge is 1.94. The first kappa shape index (κ1) is 6.18. The monoisotopic (exact) mass is 115 g/mol. The Balaban J connectivity index is 3.42. The van der Waals surface area contributed by atoms with Crippen molar-refractivity contribution >= 4 is 23.2 Å². The summed E-state index contributed by atoms with van der Waals surface area (Å²) in [4.78, 5) is 19.2. The summed E-state index contributed by atoms with van der Waals surface area (Å²) in [5.74, 6) is 0. The van der Waals surface area contributed by atoms with E-state index >= 15 is 0 Å². The molecule has 7 heavy (non-hydrogen) atoms. The molecule has 0 rings (SSSR count). The van der Waals surface area contributed by atoms with Crippen molar-refractivity contribution in [3.05, 3.63) is 0 Å². The molecule has 3 nitrogen and oxygen atoms in total. The topological polar surface area (TPSA) is 57.9 Å². The van der Waals surface area contributed by atoms with Crippen LogP contribution in [0.25, 0.3) is 0 Å². The Morgan fingerprint density at radius 3 is 2.57 bits per heavy atom. The molecule has 36 valence electrons. The molecule has 0 atom stereocenters. The van der Waals surface area contributed by atoms with E-state index in [1.165, 1.54) is 5.40 Å². The van der Waals surface area contributed by atoms with Crippen molar-refractivity contribution in [2.45, 2.75) is 0 Å². The molecule has 0 radical (unpaired) electrons. The lowest BCUT2D eigenvalue weighted by atomic mass is 10.9. The van der Waals surface area contributed by atoms with Crippen LogP contribution >= 0.6 is 11.8 Å². The van der Waals surface area contributed by atoms with Crippen LogP contribution in [0.1, 0.15) is 0 Å². The molecule has 0 heterocycles.